The van der Waals surface area contributed by atoms with E-state index in [0.29, 0.717) is 11.3 Å². The van der Waals surface area contributed by atoms with Crippen molar-refractivity contribution in [2.75, 3.05) is 0 Å². The van der Waals surface area contributed by atoms with E-state index in [1.807, 2.05) is 0 Å². The predicted molar refractivity (Wildman–Crippen MR) is 54.9 cm³/mol. The van der Waals surface area contributed by atoms with E-state index >= 15 is 0 Å². The molecule has 0 atom stereocenters. The first-order valence-electron chi connectivity index (χ1n) is 3.82. The van der Waals surface area contributed by atoms with Crippen molar-refractivity contribution in [3.05, 3.63) is 33.6 Å². The van der Waals surface area contributed by atoms with Gasteiger partial charge in [0, 0.05) is 11.8 Å². The van der Waals surface area contributed by atoms with E-state index in [9.17, 15) is 10.1 Å². The minimum atomic E-state index is -2.62. The molecule has 8 heteroatoms. The number of hydrogen-bond acceptors (Lipinski definition) is 5. The van der Waals surface area contributed by atoms with Gasteiger partial charge in [-0.2, -0.15) is 0 Å². The van der Waals surface area contributed by atoms with Gasteiger partial charge >= 0.3 is 0 Å². The molecule has 7 nitrogen and oxygen atoms in total. The van der Waals surface area contributed by atoms with Crippen LogP contribution in [0.15, 0.2) is 12.3 Å². The summed E-state index contributed by atoms with van der Waals surface area (Å²) in [6.07, 6.45) is 1.57. The minimum Gasteiger partial charge on any atom is -0.258 e. The van der Waals surface area contributed by atoms with E-state index in [4.69, 9.17) is 8.42 Å². The molecular weight excluding hydrogens is 222 g/mol. The molecule has 0 amide bonds. The summed E-state index contributed by atoms with van der Waals surface area (Å²) in [6, 6.07) is 1.63. The van der Waals surface area contributed by atoms with Gasteiger partial charge in [0.15, 0.2) is 10.9 Å². The molecule has 0 saturated carbocycles. The normalized spacial score (nSPS) is 9.33. The van der Waals surface area contributed by atoms with Crippen LogP contribution in [0.3, 0.4) is 0 Å². The highest BCUT2D eigenvalue weighted by molar-refractivity contribution is 7.69. The van der Waals surface area contributed by atoms with E-state index in [1.54, 1.807) is 26.1 Å². The number of rotatable bonds is 1. The molecule has 84 valence electrons. The number of nitrogens with two attached hydrogens (primary N) is 1. The molecule has 1 aromatic heterocycles. The zero-order chi connectivity index (χ0) is 12.0. The zero-order valence-electron chi connectivity index (χ0n) is 8.21. The van der Waals surface area contributed by atoms with Crippen molar-refractivity contribution in [2.45, 2.75) is 13.8 Å². The standard InChI is InChI=1S/C7H8N2O2.H3NO2S/c1-5-3-4-8-6(2)7(5)9(10)11;1-4(2)3/h3-4H,1-2H3;4H,(H2,1,2,3). The first-order valence-corrected chi connectivity index (χ1v) is 5.06. The Labute approximate surface area is 88.2 Å². The number of nitro groups is 1. The van der Waals surface area contributed by atoms with E-state index < -0.39 is 15.8 Å². The molecule has 0 fully saturated rings. The average Bonchev–Trinajstić information content (AvgIpc) is 2.01. The first kappa shape index (κ1) is 13.5. The summed E-state index contributed by atoms with van der Waals surface area (Å²) in [5.74, 6) is 0. The smallest absolute Gasteiger partial charge is 0.258 e. The second-order valence-electron chi connectivity index (χ2n) is 2.60. The molecule has 0 radical (unpaired) electrons. The number of hydrogen-bond donors (Lipinski definition) is 2. The van der Waals surface area contributed by atoms with Gasteiger partial charge in [-0.1, -0.05) is 0 Å². The number of thiol groups is 1. The van der Waals surface area contributed by atoms with E-state index in [1.165, 1.54) is 0 Å². The van der Waals surface area contributed by atoms with Gasteiger partial charge in [0.2, 0.25) is 0 Å². The molecular formula is C7H11N3O4S. The van der Waals surface area contributed by atoms with Crippen LogP contribution in [-0.2, 0) is 10.9 Å². The monoisotopic (exact) mass is 233 g/mol. The maximum Gasteiger partial charge on any atom is 0.293 e. The fourth-order valence-corrected chi connectivity index (χ4v) is 0.962. The number of aromatic nitrogens is 1. The number of nitrogens with zero attached hydrogens (tertiary/aromatic N) is 2. The van der Waals surface area contributed by atoms with Crippen molar-refractivity contribution in [1.29, 1.82) is 0 Å². The van der Waals surface area contributed by atoms with Crippen LogP contribution in [-0.4, -0.2) is 18.3 Å². The van der Waals surface area contributed by atoms with Crippen molar-refractivity contribution >= 4 is 16.6 Å². The molecule has 1 aromatic rings. The van der Waals surface area contributed by atoms with E-state index in [-0.39, 0.29) is 5.69 Å². The lowest BCUT2D eigenvalue weighted by atomic mass is 10.2. The molecule has 2 N–H and O–H groups in total. The van der Waals surface area contributed by atoms with Crippen LogP contribution in [0.4, 0.5) is 5.69 Å². The number of pyridine rings is 1. The van der Waals surface area contributed by atoms with Crippen LogP contribution < -0.4 is 5.14 Å². The molecule has 0 bridgehead atoms. The molecule has 0 aliphatic heterocycles. The third-order valence-corrected chi connectivity index (χ3v) is 1.49. The van der Waals surface area contributed by atoms with Crippen LogP contribution in [0, 0.1) is 24.0 Å². The molecule has 15 heavy (non-hydrogen) atoms. The summed E-state index contributed by atoms with van der Waals surface area (Å²) >= 11 is 0. The molecule has 0 aliphatic rings. The lowest BCUT2D eigenvalue weighted by Gasteiger charge is -1.97. The Morgan fingerprint density at radius 3 is 2.20 bits per heavy atom. The molecule has 0 unspecified atom stereocenters. The highest BCUT2D eigenvalue weighted by Crippen LogP contribution is 2.18. The van der Waals surface area contributed by atoms with Gasteiger partial charge in [0.25, 0.3) is 5.69 Å². The Hall–Kier alpha value is -1.54. The van der Waals surface area contributed by atoms with Gasteiger partial charge in [-0.15, -0.1) is 0 Å². The molecule has 1 rings (SSSR count). The summed E-state index contributed by atoms with van der Waals surface area (Å²) in [6.45, 7) is 3.33. The average molecular weight is 233 g/mol. The Kier molecular flexibility index (Phi) is 5.42. The molecule has 1 heterocycles. The first-order chi connectivity index (χ1) is 6.86. The van der Waals surface area contributed by atoms with Gasteiger partial charge < -0.3 is 0 Å². The predicted octanol–water partition coefficient (Wildman–Crippen LogP) is 0.0781. The summed E-state index contributed by atoms with van der Waals surface area (Å²) in [4.78, 5) is 13.8. The third kappa shape index (κ3) is 5.03. The Bertz CT molecular complexity index is 402. The minimum absolute atomic E-state index is 0.118. The van der Waals surface area contributed by atoms with E-state index in [0.717, 1.165) is 0 Å². The molecule has 0 saturated heterocycles. The topological polar surface area (TPSA) is 116 Å². The Morgan fingerprint density at radius 2 is 1.93 bits per heavy atom. The van der Waals surface area contributed by atoms with Crippen molar-refractivity contribution in [1.82, 2.24) is 4.98 Å². The van der Waals surface area contributed by atoms with Crippen LogP contribution in [0.25, 0.3) is 0 Å². The summed E-state index contributed by atoms with van der Waals surface area (Å²) in [5.41, 5.74) is 1.24. The van der Waals surface area contributed by atoms with Crippen molar-refractivity contribution in [2.24, 2.45) is 5.14 Å². The van der Waals surface area contributed by atoms with Gasteiger partial charge in [-0.05, 0) is 19.9 Å². The molecule has 0 spiro atoms. The molecule has 0 aliphatic carbocycles. The van der Waals surface area contributed by atoms with Gasteiger partial charge in [-0.25, -0.2) is 13.6 Å². The quantitative estimate of drug-likeness (QED) is 0.404. The second kappa shape index (κ2) is 6.04. The maximum absolute atomic E-state index is 10.4. The van der Waals surface area contributed by atoms with Crippen LogP contribution in [0.5, 0.6) is 0 Å². The largest absolute Gasteiger partial charge is 0.293 e. The molecule has 0 aromatic carbocycles. The highest BCUT2D eigenvalue weighted by Gasteiger charge is 2.13. The zero-order valence-corrected chi connectivity index (χ0v) is 9.10. The Balaban J connectivity index is 0.000000423. The summed E-state index contributed by atoms with van der Waals surface area (Å²) in [5, 5.41) is 14.5. The van der Waals surface area contributed by atoms with Crippen LogP contribution in [0.2, 0.25) is 0 Å². The SMILES string of the molecule is Cc1ccnc(C)c1[N+](=O)[O-].N[SH](=O)=O. The van der Waals surface area contributed by atoms with E-state index in [2.05, 4.69) is 10.1 Å². The fraction of sp³-hybridized carbons (Fsp3) is 0.286. The van der Waals surface area contributed by atoms with Crippen LogP contribution >= 0.6 is 0 Å². The maximum atomic E-state index is 10.4. The highest BCUT2D eigenvalue weighted by atomic mass is 32.2. The summed E-state index contributed by atoms with van der Waals surface area (Å²) < 4.78 is 17.6. The van der Waals surface area contributed by atoms with Crippen molar-refractivity contribution in [3.63, 3.8) is 0 Å². The lowest BCUT2D eigenvalue weighted by molar-refractivity contribution is -0.386. The Morgan fingerprint density at radius 1 is 1.47 bits per heavy atom. The lowest BCUT2D eigenvalue weighted by Crippen LogP contribution is -1.96. The van der Waals surface area contributed by atoms with Gasteiger partial charge in [-0.3, -0.25) is 15.1 Å². The van der Waals surface area contributed by atoms with Crippen molar-refractivity contribution < 1.29 is 13.3 Å². The second-order valence-corrected chi connectivity index (χ2v) is 3.18. The van der Waals surface area contributed by atoms with Gasteiger partial charge in [0.1, 0.15) is 5.69 Å². The van der Waals surface area contributed by atoms with Crippen molar-refractivity contribution in [3.8, 4) is 0 Å². The van der Waals surface area contributed by atoms with Gasteiger partial charge in [0.05, 0.1) is 4.92 Å². The third-order valence-electron chi connectivity index (χ3n) is 1.49. The summed E-state index contributed by atoms with van der Waals surface area (Å²) in [7, 11) is -2.62. The number of aryl methyl sites for hydroxylation is 2. The van der Waals surface area contributed by atoms with Crippen LogP contribution in [0.1, 0.15) is 11.3 Å². The fourth-order valence-electron chi connectivity index (χ4n) is 0.962.